The molecular formula is C17H15N3O5. The van der Waals surface area contributed by atoms with Crippen LogP contribution in [-0.2, 0) is 16.1 Å². The third kappa shape index (κ3) is 3.57. The van der Waals surface area contributed by atoms with Gasteiger partial charge < -0.3 is 9.47 Å². The number of nitrogens with zero attached hydrogens (tertiary/aromatic N) is 3. The molecule has 0 spiro atoms. The summed E-state index contributed by atoms with van der Waals surface area (Å²) in [6, 6.07) is 13.9. The first-order chi connectivity index (χ1) is 12.1. The Bertz CT molecular complexity index is 921. The summed E-state index contributed by atoms with van der Waals surface area (Å²) in [5.41, 5.74) is 1.45. The fourth-order valence-electron chi connectivity index (χ4n) is 2.41. The number of methoxy groups -OCH3 is 1. The van der Waals surface area contributed by atoms with E-state index in [1.54, 1.807) is 10.7 Å². The first-order valence-corrected chi connectivity index (χ1v) is 7.47. The number of nitro benzene ring substituents is 1. The molecule has 0 saturated carbocycles. The maximum atomic E-state index is 11.4. The summed E-state index contributed by atoms with van der Waals surface area (Å²) < 4.78 is 11.7. The molecule has 0 N–H and O–H groups in total. The Morgan fingerprint density at radius 1 is 1.24 bits per heavy atom. The van der Waals surface area contributed by atoms with Gasteiger partial charge >= 0.3 is 5.97 Å². The van der Waals surface area contributed by atoms with Crippen LogP contribution in [-0.4, -0.2) is 34.4 Å². The van der Waals surface area contributed by atoms with Gasteiger partial charge in [-0.2, -0.15) is 5.10 Å². The second kappa shape index (κ2) is 7.00. The van der Waals surface area contributed by atoms with Crippen LogP contribution < -0.4 is 4.74 Å². The molecule has 0 fully saturated rings. The molecule has 0 amide bonds. The van der Waals surface area contributed by atoms with Crippen LogP contribution in [0.5, 0.6) is 5.88 Å². The van der Waals surface area contributed by atoms with Crippen molar-refractivity contribution in [2.75, 3.05) is 13.7 Å². The number of carbonyl (C=O) groups excluding carboxylic acids is 1. The van der Waals surface area contributed by atoms with Crippen LogP contribution in [0.25, 0.3) is 10.9 Å². The van der Waals surface area contributed by atoms with E-state index in [9.17, 15) is 14.9 Å². The lowest BCUT2D eigenvalue weighted by Crippen LogP contribution is -2.15. The van der Waals surface area contributed by atoms with Gasteiger partial charge in [-0.15, -0.1) is 0 Å². The average Bonchev–Trinajstić information content (AvgIpc) is 2.96. The molecule has 3 rings (SSSR count). The number of aromatic nitrogens is 2. The molecule has 3 aromatic rings. The molecule has 1 aromatic heterocycles. The van der Waals surface area contributed by atoms with E-state index in [1.165, 1.54) is 19.2 Å². The lowest BCUT2D eigenvalue weighted by molar-refractivity contribution is -0.384. The molecule has 8 nitrogen and oxygen atoms in total. The van der Waals surface area contributed by atoms with E-state index in [-0.39, 0.29) is 18.2 Å². The normalized spacial score (nSPS) is 10.6. The molecule has 0 aliphatic rings. The smallest absolute Gasteiger partial charge is 0.343 e. The predicted molar refractivity (Wildman–Crippen MR) is 89.4 cm³/mol. The van der Waals surface area contributed by atoms with Crippen LogP contribution in [0, 0.1) is 10.1 Å². The van der Waals surface area contributed by atoms with Gasteiger partial charge in [0.1, 0.15) is 0 Å². The number of ether oxygens (including phenoxy) is 2. The minimum absolute atomic E-state index is 0.0744. The Hall–Kier alpha value is -3.42. The summed E-state index contributed by atoms with van der Waals surface area (Å²) in [5.74, 6) is -0.265. The van der Waals surface area contributed by atoms with Gasteiger partial charge in [0.2, 0.25) is 5.88 Å². The van der Waals surface area contributed by atoms with Crippen molar-refractivity contribution in [3.63, 3.8) is 0 Å². The third-order valence-electron chi connectivity index (χ3n) is 3.61. The average molecular weight is 341 g/mol. The number of rotatable bonds is 6. The summed E-state index contributed by atoms with van der Waals surface area (Å²) in [6.07, 6.45) is 0. The number of hydrogen-bond donors (Lipinski definition) is 0. The maximum Gasteiger partial charge on any atom is 0.343 e. The van der Waals surface area contributed by atoms with E-state index in [1.807, 2.05) is 30.3 Å². The van der Waals surface area contributed by atoms with Gasteiger partial charge in [0.25, 0.3) is 5.69 Å². The molecule has 25 heavy (non-hydrogen) atoms. The van der Waals surface area contributed by atoms with Crippen molar-refractivity contribution < 1.29 is 19.2 Å². The lowest BCUT2D eigenvalue weighted by Gasteiger charge is -2.09. The van der Waals surface area contributed by atoms with E-state index in [2.05, 4.69) is 9.84 Å². The molecule has 8 heteroatoms. The van der Waals surface area contributed by atoms with Gasteiger partial charge in [0.15, 0.2) is 6.61 Å². The van der Waals surface area contributed by atoms with Crippen molar-refractivity contribution in [1.82, 2.24) is 9.78 Å². The highest BCUT2D eigenvalue weighted by atomic mass is 16.6. The minimum Gasteiger partial charge on any atom is -0.466 e. The summed E-state index contributed by atoms with van der Waals surface area (Å²) in [4.78, 5) is 21.9. The van der Waals surface area contributed by atoms with Crippen molar-refractivity contribution in [1.29, 1.82) is 0 Å². The van der Waals surface area contributed by atoms with Crippen molar-refractivity contribution >= 4 is 22.6 Å². The molecule has 0 aliphatic heterocycles. The highest BCUT2D eigenvalue weighted by Gasteiger charge is 2.18. The van der Waals surface area contributed by atoms with Crippen LogP contribution in [0.15, 0.2) is 48.5 Å². The van der Waals surface area contributed by atoms with Crippen molar-refractivity contribution in [3.05, 3.63) is 64.2 Å². The van der Waals surface area contributed by atoms with E-state index < -0.39 is 10.9 Å². The van der Waals surface area contributed by atoms with Gasteiger partial charge in [-0.25, -0.2) is 9.48 Å². The molecule has 0 atom stereocenters. The summed E-state index contributed by atoms with van der Waals surface area (Å²) in [6.45, 7) is 0.0919. The monoisotopic (exact) mass is 341 g/mol. The molecule has 1 heterocycles. The Kier molecular flexibility index (Phi) is 4.60. The van der Waals surface area contributed by atoms with Gasteiger partial charge in [0, 0.05) is 12.1 Å². The van der Waals surface area contributed by atoms with E-state index in [0.717, 1.165) is 5.56 Å². The standard InChI is InChI=1S/C17H15N3O5/c1-24-16(21)11-25-17-14-9-13(20(22)23)7-8-15(14)18-19(17)10-12-5-3-2-4-6-12/h2-9H,10-11H2,1H3. The number of non-ortho nitro benzene ring substituents is 1. The zero-order chi connectivity index (χ0) is 17.8. The molecule has 2 aromatic carbocycles. The van der Waals surface area contributed by atoms with E-state index >= 15 is 0 Å². The number of esters is 1. The van der Waals surface area contributed by atoms with Crippen LogP contribution in [0.1, 0.15) is 5.56 Å². The first kappa shape index (κ1) is 16.4. The molecule has 0 unspecified atom stereocenters. The van der Waals surface area contributed by atoms with E-state index in [4.69, 9.17) is 4.74 Å². The summed E-state index contributed by atoms with van der Waals surface area (Å²) in [7, 11) is 1.26. The minimum atomic E-state index is -0.550. The quantitative estimate of drug-likeness (QED) is 0.388. The lowest BCUT2D eigenvalue weighted by atomic mass is 10.2. The first-order valence-electron chi connectivity index (χ1n) is 7.47. The summed E-state index contributed by atoms with van der Waals surface area (Å²) >= 11 is 0. The van der Waals surface area contributed by atoms with Crippen LogP contribution in [0.4, 0.5) is 5.69 Å². The number of benzene rings is 2. The van der Waals surface area contributed by atoms with Crippen LogP contribution in [0.3, 0.4) is 0 Å². The number of nitro groups is 1. The second-order valence-electron chi connectivity index (χ2n) is 5.27. The van der Waals surface area contributed by atoms with Crippen LogP contribution in [0.2, 0.25) is 0 Å². The fourth-order valence-corrected chi connectivity index (χ4v) is 2.41. The Morgan fingerprint density at radius 3 is 2.68 bits per heavy atom. The largest absolute Gasteiger partial charge is 0.466 e. The van der Waals surface area contributed by atoms with Gasteiger partial charge in [0.05, 0.1) is 29.5 Å². The van der Waals surface area contributed by atoms with Crippen molar-refractivity contribution in [2.24, 2.45) is 0 Å². The van der Waals surface area contributed by atoms with Crippen molar-refractivity contribution in [2.45, 2.75) is 6.54 Å². The summed E-state index contributed by atoms with van der Waals surface area (Å²) in [5, 5.41) is 15.9. The molecule has 0 bridgehead atoms. The number of fused-ring (bicyclic) bond motifs is 1. The van der Waals surface area contributed by atoms with Gasteiger partial charge in [-0.05, 0) is 11.6 Å². The van der Waals surface area contributed by atoms with Crippen LogP contribution >= 0.6 is 0 Å². The topological polar surface area (TPSA) is 96.5 Å². The maximum absolute atomic E-state index is 11.4. The molecule has 128 valence electrons. The fraction of sp³-hybridized carbons (Fsp3) is 0.176. The van der Waals surface area contributed by atoms with Gasteiger partial charge in [-0.3, -0.25) is 10.1 Å². The zero-order valence-electron chi connectivity index (χ0n) is 13.4. The van der Waals surface area contributed by atoms with Gasteiger partial charge in [-0.1, -0.05) is 30.3 Å². The molecule has 0 saturated heterocycles. The Morgan fingerprint density at radius 2 is 2.00 bits per heavy atom. The molecule has 0 radical (unpaired) electrons. The highest BCUT2D eigenvalue weighted by molar-refractivity contribution is 5.86. The number of hydrogen-bond acceptors (Lipinski definition) is 6. The number of carbonyl (C=O) groups is 1. The zero-order valence-corrected chi connectivity index (χ0v) is 13.4. The van der Waals surface area contributed by atoms with E-state index in [0.29, 0.717) is 17.4 Å². The third-order valence-corrected chi connectivity index (χ3v) is 3.61. The Labute approximate surface area is 142 Å². The molecule has 0 aliphatic carbocycles. The SMILES string of the molecule is COC(=O)COc1c2cc([N+](=O)[O-])ccc2nn1Cc1ccccc1. The predicted octanol–water partition coefficient (Wildman–Crippen LogP) is 2.54. The second-order valence-corrected chi connectivity index (χ2v) is 5.27. The molecular weight excluding hydrogens is 326 g/mol. The Balaban J connectivity index is 2.04. The van der Waals surface area contributed by atoms with Crippen molar-refractivity contribution in [3.8, 4) is 5.88 Å². The highest BCUT2D eigenvalue weighted by Crippen LogP contribution is 2.30.